The van der Waals surface area contributed by atoms with Gasteiger partial charge in [-0.15, -0.1) is 0 Å². The summed E-state index contributed by atoms with van der Waals surface area (Å²) in [4.78, 5) is 36.6. The molecule has 1 aromatic heterocycles. The third-order valence-electron chi connectivity index (χ3n) is 5.35. The summed E-state index contributed by atoms with van der Waals surface area (Å²) in [5, 5.41) is 4.61. The van der Waals surface area contributed by atoms with Crippen LogP contribution < -0.4 is 5.32 Å². The molecule has 2 heterocycles. The lowest BCUT2D eigenvalue weighted by molar-refractivity contribution is -0.127. The lowest BCUT2D eigenvalue weighted by Crippen LogP contribution is -2.48. The number of hydrogen-bond acceptors (Lipinski definition) is 5. The third-order valence-corrected chi connectivity index (χ3v) is 6.58. The molecule has 3 amide bonds. The molecule has 0 atom stereocenters. The average Bonchev–Trinajstić information content (AvgIpc) is 2.69. The van der Waals surface area contributed by atoms with Gasteiger partial charge in [-0.05, 0) is 44.6 Å². The zero-order chi connectivity index (χ0) is 19.2. The summed E-state index contributed by atoms with van der Waals surface area (Å²) in [5.41, 5.74) is 0. The molecule has 2 aliphatic rings. The van der Waals surface area contributed by atoms with Crippen molar-refractivity contribution in [2.24, 2.45) is 5.92 Å². The van der Waals surface area contributed by atoms with Gasteiger partial charge in [0, 0.05) is 56.8 Å². The lowest BCUT2D eigenvalue weighted by Gasteiger charge is -2.34. The maximum absolute atomic E-state index is 12.6. The molecule has 3 rings (SSSR count). The van der Waals surface area contributed by atoms with E-state index in [0.717, 1.165) is 43.7 Å². The SMILES string of the molecule is CN(C)C(=O)N1CCC(C(=O)NC2CCC(Sc3ncccn3)CC2)CC1. The van der Waals surface area contributed by atoms with E-state index in [2.05, 4.69) is 15.3 Å². The predicted molar refractivity (Wildman–Crippen MR) is 105 cm³/mol. The van der Waals surface area contributed by atoms with Crippen LogP contribution in [-0.2, 0) is 4.79 Å². The largest absolute Gasteiger partial charge is 0.353 e. The molecule has 1 N–H and O–H groups in total. The number of likely N-dealkylation sites (tertiary alicyclic amines) is 1. The number of piperidine rings is 1. The number of carbonyl (C=O) groups is 2. The second-order valence-corrected chi connectivity index (χ2v) is 8.84. The molecule has 1 aliphatic carbocycles. The molecule has 0 spiro atoms. The van der Waals surface area contributed by atoms with Gasteiger partial charge in [0.1, 0.15) is 0 Å². The Morgan fingerprint density at radius 1 is 1.07 bits per heavy atom. The normalized spacial score (nSPS) is 23.7. The van der Waals surface area contributed by atoms with Crippen molar-refractivity contribution in [3.05, 3.63) is 18.5 Å². The standard InChI is InChI=1S/C19H29N5O2S/c1-23(2)19(26)24-12-8-14(9-13-24)17(25)22-15-4-6-16(7-5-15)27-18-20-10-3-11-21-18/h3,10-11,14-16H,4-9,12-13H2,1-2H3,(H,22,25). The summed E-state index contributed by atoms with van der Waals surface area (Å²) in [6.07, 6.45) is 9.22. The van der Waals surface area contributed by atoms with E-state index in [0.29, 0.717) is 18.3 Å². The highest BCUT2D eigenvalue weighted by Gasteiger charge is 2.30. The van der Waals surface area contributed by atoms with Crippen molar-refractivity contribution in [3.63, 3.8) is 0 Å². The molecule has 1 aliphatic heterocycles. The van der Waals surface area contributed by atoms with Gasteiger partial charge >= 0.3 is 6.03 Å². The first-order valence-electron chi connectivity index (χ1n) is 9.73. The van der Waals surface area contributed by atoms with Gasteiger partial charge in [-0.3, -0.25) is 4.79 Å². The van der Waals surface area contributed by atoms with Crippen molar-refractivity contribution in [1.82, 2.24) is 25.1 Å². The summed E-state index contributed by atoms with van der Waals surface area (Å²) in [6, 6.07) is 2.14. The molecule has 2 fully saturated rings. The minimum atomic E-state index is 0.0287. The Labute approximate surface area is 165 Å². The Bertz CT molecular complexity index is 626. The minimum Gasteiger partial charge on any atom is -0.353 e. The monoisotopic (exact) mass is 391 g/mol. The van der Waals surface area contributed by atoms with Crippen LogP contribution in [0.4, 0.5) is 4.79 Å². The fourth-order valence-corrected chi connectivity index (χ4v) is 4.80. The number of urea groups is 1. The summed E-state index contributed by atoms with van der Waals surface area (Å²) < 4.78 is 0. The van der Waals surface area contributed by atoms with Crippen molar-refractivity contribution in [3.8, 4) is 0 Å². The molecule has 0 aromatic carbocycles. The van der Waals surface area contributed by atoms with E-state index in [1.807, 2.05) is 11.0 Å². The maximum atomic E-state index is 12.6. The fraction of sp³-hybridized carbons (Fsp3) is 0.684. The van der Waals surface area contributed by atoms with Crippen LogP contribution >= 0.6 is 11.8 Å². The van der Waals surface area contributed by atoms with Gasteiger partial charge in [-0.1, -0.05) is 11.8 Å². The molecule has 7 nitrogen and oxygen atoms in total. The topological polar surface area (TPSA) is 78.4 Å². The number of aromatic nitrogens is 2. The summed E-state index contributed by atoms with van der Waals surface area (Å²) in [7, 11) is 3.53. The highest BCUT2D eigenvalue weighted by atomic mass is 32.2. The van der Waals surface area contributed by atoms with Crippen molar-refractivity contribution < 1.29 is 9.59 Å². The van der Waals surface area contributed by atoms with E-state index in [-0.39, 0.29) is 23.9 Å². The molecule has 27 heavy (non-hydrogen) atoms. The Morgan fingerprint density at radius 2 is 1.70 bits per heavy atom. The number of nitrogens with one attached hydrogen (secondary N) is 1. The van der Waals surface area contributed by atoms with Crippen LogP contribution in [-0.4, -0.2) is 70.2 Å². The third kappa shape index (κ3) is 5.57. The molecule has 1 aromatic rings. The lowest BCUT2D eigenvalue weighted by atomic mass is 9.92. The number of rotatable bonds is 4. The minimum absolute atomic E-state index is 0.0287. The predicted octanol–water partition coefficient (Wildman–Crippen LogP) is 2.39. The van der Waals surface area contributed by atoms with Crippen LogP contribution in [0.1, 0.15) is 38.5 Å². The van der Waals surface area contributed by atoms with Gasteiger partial charge in [0.25, 0.3) is 0 Å². The Kier molecular flexibility index (Phi) is 6.93. The van der Waals surface area contributed by atoms with Crippen LogP contribution in [0.5, 0.6) is 0 Å². The first-order chi connectivity index (χ1) is 13.0. The van der Waals surface area contributed by atoms with Crippen molar-refractivity contribution in [2.45, 2.75) is 55.0 Å². The number of amides is 3. The Balaban J connectivity index is 1.38. The highest BCUT2D eigenvalue weighted by Crippen LogP contribution is 2.32. The number of hydrogen-bond donors (Lipinski definition) is 1. The second kappa shape index (κ2) is 9.39. The zero-order valence-electron chi connectivity index (χ0n) is 16.1. The number of nitrogens with zero attached hydrogens (tertiary/aromatic N) is 4. The molecule has 8 heteroatoms. The van der Waals surface area contributed by atoms with Gasteiger partial charge in [0.2, 0.25) is 5.91 Å². The first kappa shape index (κ1) is 19.9. The van der Waals surface area contributed by atoms with E-state index in [1.165, 1.54) is 0 Å². The molecule has 0 radical (unpaired) electrons. The molecule has 1 saturated heterocycles. The fourth-order valence-electron chi connectivity index (χ4n) is 3.76. The van der Waals surface area contributed by atoms with E-state index >= 15 is 0 Å². The average molecular weight is 392 g/mol. The Hall–Kier alpha value is -1.83. The van der Waals surface area contributed by atoms with Crippen molar-refractivity contribution >= 4 is 23.7 Å². The summed E-state index contributed by atoms with van der Waals surface area (Å²) in [6.45, 7) is 1.32. The second-order valence-electron chi connectivity index (χ2n) is 7.57. The van der Waals surface area contributed by atoms with Gasteiger partial charge in [-0.25, -0.2) is 14.8 Å². The molecule has 0 unspecified atom stereocenters. The Morgan fingerprint density at radius 3 is 2.30 bits per heavy atom. The maximum Gasteiger partial charge on any atom is 0.319 e. The van der Waals surface area contributed by atoms with E-state index in [4.69, 9.17) is 0 Å². The van der Waals surface area contributed by atoms with E-state index < -0.39 is 0 Å². The molecule has 0 bridgehead atoms. The van der Waals surface area contributed by atoms with Crippen LogP contribution in [0.3, 0.4) is 0 Å². The van der Waals surface area contributed by atoms with E-state index in [9.17, 15) is 9.59 Å². The quantitative estimate of drug-likeness (QED) is 0.798. The number of carbonyl (C=O) groups excluding carboxylic acids is 2. The number of thioether (sulfide) groups is 1. The molecule has 148 valence electrons. The van der Waals surface area contributed by atoms with Gasteiger partial charge in [0.05, 0.1) is 0 Å². The van der Waals surface area contributed by atoms with Gasteiger partial charge < -0.3 is 15.1 Å². The molecular formula is C19H29N5O2S. The van der Waals surface area contributed by atoms with Gasteiger partial charge in [0.15, 0.2) is 5.16 Å². The van der Waals surface area contributed by atoms with E-state index in [1.54, 1.807) is 43.2 Å². The van der Waals surface area contributed by atoms with Crippen LogP contribution in [0, 0.1) is 5.92 Å². The molecule has 1 saturated carbocycles. The summed E-state index contributed by atoms with van der Waals surface area (Å²) in [5.74, 6) is 0.190. The smallest absolute Gasteiger partial charge is 0.319 e. The van der Waals surface area contributed by atoms with Crippen LogP contribution in [0.25, 0.3) is 0 Å². The van der Waals surface area contributed by atoms with Crippen LogP contribution in [0.2, 0.25) is 0 Å². The van der Waals surface area contributed by atoms with Crippen molar-refractivity contribution in [1.29, 1.82) is 0 Å². The zero-order valence-corrected chi connectivity index (χ0v) is 17.0. The first-order valence-corrected chi connectivity index (χ1v) is 10.6. The van der Waals surface area contributed by atoms with Gasteiger partial charge in [-0.2, -0.15) is 0 Å². The molecular weight excluding hydrogens is 362 g/mol. The van der Waals surface area contributed by atoms with Crippen LogP contribution in [0.15, 0.2) is 23.6 Å². The highest BCUT2D eigenvalue weighted by molar-refractivity contribution is 7.99. The summed E-state index contributed by atoms with van der Waals surface area (Å²) >= 11 is 1.74. The van der Waals surface area contributed by atoms with Crippen molar-refractivity contribution in [2.75, 3.05) is 27.2 Å².